The first-order chi connectivity index (χ1) is 11.7. The Hall–Kier alpha value is -2.63. The van der Waals surface area contributed by atoms with Crippen LogP contribution in [0.4, 0.5) is 17.3 Å². The van der Waals surface area contributed by atoms with E-state index in [9.17, 15) is 4.79 Å². The van der Waals surface area contributed by atoms with Gasteiger partial charge in [-0.3, -0.25) is 4.79 Å². The summed E-state index contributed by atoms with van der Waals surface area (Å²) in [6.45, 7) is 8.99. The van der Waals surface area contributed by atoms with E-state index in [0.29, 0.717) is 11.6 Å². The van der Waals surface area contributed by atoms with Crippen LogP contribution >= 0.6 is 0 Å². The highest BCUT2D eigenvalue weighted by molar-refractivity contribution is 6.03. The molecule has 0 radical (unpaired) electrons. The van der Waals surface area contributed by atoms with Gasteiger partial charge in [-0.05, 0) is 50.6 Å². The first kappa shape index (κ1) is 17.7. The average Bonchev–Trinajstić information content (AvgIpc) is 2.62. The van der Waals surface area contributed by atoms with Gasteiger partial charge in [-0.1, -0.05) is 6.92 Å². The van der Waals surface area contributed by atoms with Crippen LogP contribution < -0.4 is 15.5 Å². The third-order valence-corrected chi connectivity index (χ3v) is 3.68. The SMILES string of the molecule is CCCNc1nccc(C(=O)Nc2ccc(N(CC)CC)cc2)n1. The summed E-state index contributed by atoms with van der Waals surface area (Å²) in [6.07, 6.45) is 2.56. The first-order valence-corrected chi connectivity index (χ1v) is 8.41. The van der Waals surface area contributed by atoms with Gasteiger partial charge < -0.3 is 15.5 Å². The molecule has 2 aromatic rings. The molecule has 0 saturated carbocycles. The van der Waals surface area contributed by atoms with Gasteiger partial charge in [-0.25, -0.2) is 9.97 Å². The van der Waals surface area contributed by atoms with Crippen LogP contribution in [0.15, 0.2) is 36.5 Å². The van der Waals surface area contributed by atoms with Crippen molar-refractivity contribution in [1.82, 2.24) is 9.97 Å². The number of carbonyl (C=O) groups is 1. The number of anilines is 3. The normalized spacial score (nSPS) is 10.3. The van der Waals surface area contributed by atoms with Gasteiger partial charge in [0.2, 0.25) is 5.95 Å². The number of amides is 1. The number of carbonyl (C=O) groups excluding carboxylic acids is 1. The average molecular weight is 327 g/mol. The molecule has 0 unspecified atom stereocenters. The predicted molar refractivity (Wildman–Crippen MR) is 98.8 cm³/mol. The minimum atomic E-state index is -0.243. The van der Waals surface area contributed by atoms with Crippen LogP contribution in [0.2, 0.25) is 0 Å². The minimum absolute atomic E-state index is 0.243. The summed E-state index contributed by atoms with van der Waals surface area (Å²) in [7, 11) is 0. The maximum atomic E-state index is 12.3. The van der Waals surface area contributed by atoms with E-state index in [4.69, 9.17) is 0 Å². The lowest BCUT2D eigenvalue weighted by molar-refractivity contribution is 0.102. The minimum Gasteiger partial charge on any atom is -0.372 e. The van der Waals surface area contributed by atoms with E-state index in [0.717, 1.165) is 37.4 Å². The lowest BCUT2D eigenvalue weighted by atomic mass is 10.2. The van der Waals surface area contributed by atoms with E-state index < -0.39 is 0 Å². The Balaban J connectivity index is 2.04. The van der Waals surface area contributed by atoms with Crippen molar-refractivity contribution in [2.75, 3.05) is 35.2 Å². The Morgan fingerprint density at radius 1 is 1.08 bits per heavy atom. The number of hydrogen-bond acceptors (Lipinski definition) is 5. The molecule has 0 aliphatic carbocycles. The third-order valence-electron chi connectivity index (χ3n) is 3.68. The number of hydrogen-bond donors (Lipinski definition) is 2. The molecule has 2 N–H and O–H groups in total. The van der Waals surface area contributed by atoms with E-state index in [1.165, 1.54) is 0 Å². The fourth-order valence-corrected chi connectivity index (χ4v) is 2.35. The molecule has 24 heavy (non-hydrogen) atoms. The fraction of sp³-hybridized carbons (Fsp3) is 0.389. The second-order valence-corrected chi connectivity index (χ2v) is 5.37. The molecule has 0 aliphatic rings. The van der Waals surface area contributed by atoms with Crippen molar-refractivity contribution in [3.05, 3.63) is 42.2 Å². The molecule has 0 bridgehead atoms. The van der Waals surface area contributed by atoms with E-state index >= 15 is 0 Å². The summed E-state index contributed by atoms with van der Waals surface area (Å²) in [4.78, 5) is 22.9. The zero-order valence-electron chi connectivity index (χ0n) is 14.5. The molecule has 2 rings (SSSR count). The highest BCUT2D eigenvalue weighted by atomic mass is 16.1. The Labute approximate surface area is 143 Å². The maximum absolute atomic E-state index is 12.3. The summed E-state index contributed by atoms with van der Waals surface area (Å²) >= 11 is 0. The molecule has 1 aromatic carbocycles. The zero-order chi connectivity index (χ0) is 17.4. The van der Waals surface area contributed by atoms with Gasteiger partial charge in [-0.15, -0.1) is 0 Å². The standard InChI is InChI=1S/C18H25N5O/c1-4-12-19-18-20-13-11-16(22-18)17(24)21-14-7-9-15(10-8-14)23(5-2)6-3/h7-11,13H,4-6,12H2,1-3H3,(H,21,24)(H,19,20,22). The second-order valence-electron chi connectivity index (χ2n) is 5.37. The van der Waals surface area contributed by atoms with Gasteiger partial charge in [0.25, 0.3) is 5.91 Å². The molecule has 1 aromatic heterocycles. The zero-order valence-corrected chi connectivity index (χ0v) is 14.5. The molecule has 1 heterocycles. The topological polar surface area (TPSA) is 70.2 Å². The number of nitrogens with one attached hydrogen (secondary N) is 2. The number of benzene rings is 1. The van der Waals surface area contributed by atoms with Crippen LogP contribution in [0.1, 0.15) is 37.7 Å². The van der Waals surface area contributed by atoms with E-state index in [1.807, 2.05) is 24.3 Å². The number of aromatic nitrogens is 2. The van der Waals surface area contributed by atoms with Gasteiger partial charge >= 0.3 is 0 Å². The quantitative estimate of drug-likeness (QED) is 0.777. The second kappa shape index (κ2) is 8.86. The van der Waals surface area contributed by atoms with E-state index in [2.05, 4.69) is 46.3 Å². The van der Waals surface area contributed by atoms with Crippen molar-refractivity contribution in [1.29, 1.82) is 0 Å². The molecule has 128 valence electrons. The van der Waals surface area contributed by atoms with E-state index in [-0.39, 0.29) is 5.91 Å². The predicted octanol–water partition coefficient (Wildman–Crippen LogP) is 3.40. The summed E-state index contributed by atoms with van der Waals surface area (Å²) in [6, 6.07) is 9.44. The van der Waals surface area contributed by atoms with Crippen molar-refractivity contribution >= 4 is 23.2 Å². The molecular formula is C18H25N5O. The molecule has 0 saturated heterocycles. The van der Waals surface area contributed by atoms with Crippen LogP contribution in [0.3, 0.4) is 0 Å². The first-order valence-electron chi connectivity index (χ1n) is 8.41. The molecule has 0 fully saturated rings. The summed E-state index contributed by atoms with van der Waals surface area (Å²) < 4.78 is 0. The van der Waals surface area contributed by atoms with Crippen molar-refractivity contribution in [3.63, 3.8) is 0 Å². The number of nitrogens with zero attached hydrogens (tertiary/aromatic N) is 3. The third kappa shape index (κ3) is 4.68. The lowest BCUT2D eigenvalue weighted by Gasteiger charge is -2.21. The molecule has 6 heteroatoms. The van der Waals surface area contributed by atoms with Crippen LogP contribution in [-0.4, -0.2) is 35.5 Å². The molecule has 0 atom stereocenters. The van der Waals surface area contributed by atoms with Gasteiger partial charge in [-0.2, -0.15) is 0 Å². The van der Waals surface area contributed by atoms with Crippen molar-refractivity contribution < 1.29 is 4.79 Å². The molecule has 1 amide bonds. The van der Waals surface area contributed by atoms with Gasteiger partial charge in [0.1, 0.15) is 5.69 Å². The smallest absolute Gasteiger partial charge is 0.274 e. The summed E-state index contributed by atoms with van der Waals surface area (Å²) in [5.41, 5.74) is 2.24. The monoisotopic (exact) mass is 327 g/mol. The Morgan fingerprint density at radius 2 is 1.79 bits per heavy atom. The fourth-order valence-electron chi connectivity index (χ4n) is 2.35. The Kier molecular flexibility index (Phi) is 6.54. The van der Waals surface area contributed by atoms with Crippen LogP contribution in [0.25, 0.3) is 0 Å². The molecule has 6 nitrogen and oxygen atoms in total. The maximum Gasteiger partial charge on any atom is 0.274 e. The highest BCUT2D eigenvalue weighted by Gasteiger charge is 2.09. The lowest BCUT2D eigenvalue weighted by Crippen LogP contribution is -2.21. The van der Waals surface area contributed by atoms with Gasteiger partial charge in [0.05, 0.1) is 0 Å². The summed E-state index contributed by atoms with van der Waals surface area (Å²) in [5.74, 6) is 0.230. The molecule has 0 spiro atoms. The largest absolute Gasteiger partial charge is 0.372 e. The van der Waals surface area contributed by atoms with Crippen molar-refractivity contribution in [2.45, 2.75) is 27.2 Å². The van der Waals surface area contributed by atoms with Crippen LogP contribution in [0, 0.1) is 0 Å². The van der Waals surface area contributed by atoms with Crippen LogP contribution in [0.5, 0.6) is 0 Å². The molecule has 0 aliphatic heterocycles. The van der Waals surface area contributed by atoms with Crippen molar-refractivity contribution in [2.24, 2.45) is 0 Å². The Bertz CT molecular complexity index is 653. The Morgan fingerprint density at radius 3 is 2.42 bits per heavy atom. The van der Waals surface area contributed by atoms with Gasteiger partial charge in [0, 0.05) is 37.2 Å². The van der Waals surface area contributed by atoms with E-state index in [1.54, 1.807) is 12.3 Å². The molecular weight excluding hydrogens is 302 g/mol. The van der Waals surface area contributed by atoms with Crippen LogP contribution in [-0.2, 0) is 0 Å². The number of rotatable bonds is 8. The van der Waals surface area contributed by atoms with Gasteiger partial charge in [0.15, 0.2) is 0 Å². The summed E-state index contributed by atoms with van der Waals surface area (Å²) in [5, 5.41) is 5.95. The highest BCUT2D eigenvalue weighted by Crippen LogP contribution is 2.18. The van der Waals surface area contributed by atoms with Crippen molar-refractivity contribution in [3.8, 4) is 0 Å².